The number of thioether (sulfide) groups is 2. The fraction of sp³-hybridized carbons (Fsp3) is 0.385. The van der Waals surface area contributed by atoms with Crippen molar-refractivity contribution in [1.82, 2.24) is 5.32 Å². The topological polar surface area (TPSA) is 66.4 Å². The molecule has 2 N–H and O–H groups in total. The van der Waals surface area contributed by atoms with E-state index in [9.17, 15) is 9.59 Å². The van der Waals surface area contributed by atoms with E-state index in [0.29, 0.717) is 29.5 Å². The predicted octanol–water partition coefficient (Wildman–Crippen LogP) is 2.76. The zero-order chi connectivity index (χ0) is 14.8. The molecule has 0 aliphatic heterocycles. The predicted molar refractivity (Wildman–Crippen MR) is 84.8 cm³/mol. The van der Waals surface area contributed by atoms with Crippen LogP contribution < -0.4 is 5.32 Å². The summed E-state index contributed by atoms with van der Waals surface area (Å²) >= 11 is 8.68. The average molecular weight is 334 g/mol. The van der Waals surface area contributed by atoms with Crippen molar-refractivity contribution < 1.29 is 14.7 Å². The number of rotatable bonds is 9. The fourth-order valence-corrected chi connectivity index (χ4v) is 2.85. The first-order valence-corrected chi connectivity index (χ1v) is 8.54. The maximum atomic E-state index is 11.5. The standard InChI is InChI=1S/C13H16ClNO3S2/c14-10-1-3-11(4-2-10)20-7-5-12(16)15-6-8-19-9-13(17)18/h1-4H,5-9H2,(H,15,16)(H,17,18). The third-order valence-electron chi connectivity index (χ3n) is 2.21. The normalized spacial score (nSPS) is 10.2. The minimum absolute atomic E-state index is 0.0117. The molecule has 0 aromatic heterocycles. The smallest absolute Gasteiger partial charge is 0.313 e. The first kappa shape index (κ1) is 17.2. The van der Waals surface area contributed by atoms with Gasteiger partial charge in [-0.05, 0) is 24.3 Å². The van der Waals surface area contributed by atoms with Crippen molar-refractivity contribution in [3.63, 3.8) is 0 Å². The molecule has 0 fully saturated rings. The van der Waals surface area contributed by atoms with Crippen LogP contribution in [0, 0.1) is 0 Å². The van der Waals surface area contributed by atoms with E-state index >= 15 is 0 Å². The first-order chi connectivity index (χ1) is 9.58. The van der Waals surface area contributed by atoms with Gasteiger partial charge in [0.1, 0.15) is 0 Å². The molecular weight excluding hydrogens is 318 g/mol. The molecule has 0 aliphatic rings. The SMILES string of the molecule is O=C(O)CSCCNC(=O)CCSc1ccc(Cl)cc1. The van der Waals surface area contributed by atoms with Crippen molar-refractivity contribution in [2.45, 2.75) is 11.3 Å². The molecule has 1 amide bonds. The zero-order valence-corrected chi connectivity index (χ0v) is 13.2. The number of nitrogens with one attached hydrogen (secondary N) is 1. The van der Waals surface area contributed by atoms with Crippen molar-refractivity contribution in [3.8, 4) is 0 Å². The van der Waals surface area contributed by atoms with Gasteiger partial charge in [-0.2, -0.15) is 0 Å². The van der Waals surface area contributed by atoms with E-state index in [-0.39, 0.29) is 11.7 Å². The van der Waals surface area contributed by atoms with Gasteiger partial charge in [-0.1, -0.05) is 11.6 Å². The summed E-state index contributed by atoms with van der Waals surface area (Å²) in [5.74, 6) is 0.545. The molecule has 0 saturated carbocycles. The number of carboxylic acids is 1. The number of hydrogen-bond acceptors (Lipinski definition) is 4. The van der Waals surface area contributed by atoms with Gasteiger partial charge in [0.2, 0.25) is 5.91 Å². The minimum Gasteiger partial charge on any atom is -0.481 e. The maximum Gasteiger partial charge on any atom is 0.313 e. The highest BCUT2D eigenvalue weighted by Crippen LogP contribution is 2.20. The molecular formula is C13H16ClNO3S2. The van der Waals surface area contributed by atoms with Gasteiger partial charge in [0.15, 0.2) is 0 Å². The molecule has 0 unspecified atom stereocenters. The van der Waals surface area contributed by atoms with Crippen molar-refractivity contribution in [3.05, 3.63) is 29.3 Å². The Morgan fingerprint density at radius 2 is 1.90 bits per heavy atom. The summed E-state index contributed by atoms with van der Waals surface area (Å²) in [5, 5.41) is 11.9. The van der Waals surface area contributed by atoms with Gasteiger partial charge < -0.3 is 10.4 Å². The van der Waals surface area contributed by atoms with Crippen molar-refractivity contribution in [2.24, 2.45) is 0 Å². The zero-order valence-electron chi connectivity index (χ0n) is 10.8. The molecule has 1 aromatic carbocycles. The molecule has 0 saturated heterocycles. The largest absolute Gasteiger partial charge is 0.481 e. The summed E-state index contributed by atoms with van der Waals surface area (Å²) in [6, 6.07) is 7.49. The Balaban J connectivity index is 2.05. The number of amides is 1. The molecule has 0 spiro atoms. The summed E-state index contributed by atoms with van der Waals surface area (Å²) < 4.78 is 0. The third-order valence-corrected chi connectivity index (χ3v) is 4.42. The highest BCUT2D eigenvalue weighted by atomic mass is 35.5. The van der Waals surface area contributed by atoms with E-state index in [1.54, 1.807) is 11.8 Å². The second-order valence-electron chi connectivity index (χ2n) is 3.85. The van der Waals surface area contributed by atoms with E-state index < -0.39 is 5.97 Å². The number of carbonyl (C=O) groups excluding carboxylic acids is 1. The second kappa shape index (κ2) is 9.96. The van der Waals surface area contributed by atoms with Crippen LogP contribution in [0.1, 0.15) is 6.42 Å². The van der Waals surface area contributed by atoms with Gasteiger partial charge in [-0.15, -0.1) is 23.5 Å². The summed E-state index contributed by atoms with van der Waals surface area (Å²) in [6.45, 7) is 0.502. The van der Waals surface area contributed by atoms with Gasteiger partial charge in [0, 0.05) is 34.4 Å². The van der Waals surface area contributed by atoms with Crippen LogP contribution in [0.5, 0.6) is 0 Å². The average Bonchev–Trinajstić information content (AvgIpc) is 2.40. The van der Waals surface area contributed by atoms with Gasteiger partial charge in [0.05, 0.1) is 5.75 Å². The van der Waals surface area contributed by atoms with Gasteiger partial charge in [-0.3, -0.25) is 9.59 Å². The van der Waals surface area contributed by atoms with Crippen molar-refractivity contribution in [2.75, 3.05) is 23.8 Å². The number of hydrogen-bond donors (Lipinski definition) is 2. The summed E-state index contributed by atoms with van der Waals surface area (Å²) in [4.78, 5) is 22.9. The lowest BCUT2D eigenvalue weighted by Gasteiger charge is -2.04. The van der Waals surface area contributed by atoms with Crippen molar-refractivity contribution in [1.29, 1.82) is 0 Å². The van der Waals surface area contributed by atoms with Crippen LogP contribution in [-0.4, -0.2) is 40.8 Å². The minimum atomic E-state index is -0.833. The van der Waals surface area contributed by atoms with Crippen LogP contribution in [-0.2, 0) is 9.59 Å². The first-order valence-electron chi connectivity index (χ1n) is 6.02. The van der Waals surface area contributed by atoms with Gasteiger partial charge >= 0.3 is 5.97 Å². The number of carbonyl (C=O) groups is 2. The molecule has 0 atom stereocenters. The Morgan fingerprint density at radius 3 is 2.55 bits per heavy atom. The molecule has 110 valence electrons. The molecule has 0 bridgehead atoms. The monoisotopic (exact) mass is 333 g/mol. The molecule has 0 radical (unpaired) electrons. The lowest BCUT2D eigenvalue weighted by atomic mass is 10.4. The molecule has 1 aromatic rings. The van der Waals surface area contributed by atoms with Crippen LogP contribution in [0.4, 0.5) is 0 Å². The van der Waals surface area contributed by atoms with E-state index in [0.717, 1.165) is 4.90 Å². The highest BCUT2D eigenvalue weighted by molar-refractivity contribution is 8.00. The van der Waals surface area contributed by atoms with Crippen LogP contribution in [0.15, 0.2) is 29.2 Å². The Kier molecular flexibility index (Phi) is 8.57. The van der Waals surface area contributed by atoms with Crippen LogP contribution in [0.3, 0.4) is 0 Å². The molecule has 1 rings (SSSR count). The Hall–Kier alpha value is -0.850. The lowest BCUT2D eigenvalue weighted by molar-refractivity contribution is -0.133. The van der Waals surface area contributed by atoms with Gasteiger partial charge in [0.25, 0.3) is 0 Å². The number of benzene rings is 1. The van der Waals surface area contributed by atoms with Crippen LogP contribution >= 0.6 is 35.1 Å². The van der Waals surface area contributed by atoms with Gasteiger partial charge in [-0.25, -0.2) is 0 Å². The summed E-state index contributed by atoms with van der Waals surface area (Å²) in [5.41, 5.74) is 0. The number of aliphatic carboxylic acids is 1. The van der Waals surface area contributed by atoms with Crippen LogP contribution in [0.25, 0.3) is 0 Å². The van der Waals surface area contributed by atoms with E-state index in [1.807, 2.05) is 24.3 Å². The Labute approximate surface area is 131 Å². The van der Waals surface area contributed by atoms with Crippen molar-refractivity contribution >= 4 is 47.0 Å². The summed E-state index contributed by atoms with van der Waals surface area (Å²) in [7, 11) is 0. The van der Waals surface area contributed by atoms with Crippen LogP contribution in [0.2, 0.25) is 5.02 Å². The lowest BCUT2D eigenvalue weighted by Crippen LogP contribution is -2.26. The quantitative estimate of drug-likeness (QED) is 0.537. The molecule has 4 nitrogen and oxygen atoms in total. The third kappa shape index (κ3) is 8.35. The van der Waals surface area contributed by atoms with E-state index in [4.69, 9.17) is 16.7 Å². The molecule has 20 heavy (non-hydrogen) atoms. The van der Waals surface area contributed by atoms with E-state index in [2.05, 4.69) is 5.32 Å². The maximum absolute atomic E-state index is 11.5. The molecule has 7 heteroatoms. The molecule has 0 aliphatic carbocycles. The fourth-order valence-electron chi connectivity index (χ4n) is 1.30. The number of carboxylic acid groups (broad SMARTS) is 1. The summed E-state index contributed by atoms with van der Waals surface area (Å²) in [6.07, 6.45) is 0.441. The van der Waals surface area contributed by atoms with E-state index in [1.165, 1.54) is 11.8 Å². The second-order valence-corrected chi connectivity index (χ2v) is 6.56. The Bertz CT molecular complexity index is 440. The highest BCUT2D eigenvalue weighted by Gasteiger charge is 2.02. The molecule has 0 heterocycles. The Morgan fingerprint density at radius 1 is 1.20 bits per heavy atom. The number of halogens is 1.